The van der Waals surface area contributed by atoms with Crippen molar-refractivity contribution in [3.63, 3.8) is 0 Å². The minimum absolute atomic E-state index is 0.195. The monoisotopic (exact) mass is 354 g/mol. The van der Waals surface area contributed by atoms with Crippen LogP contribution in [-0.4, -0.2) is 27.8 Å². The largest absolute Gasteiger partial charge is 0.465 e. The van der Waals surface area contributed by atoms with Gasteiger partial charge in [-0.2, -0.15) is 5.16 Å². The summed E-state index contributed by atoms with van der Waals surface area (Å²) < 4.78 is 19.6. The molecule has 1 aromatic carbocycles. The molecule has 2 N–H and O–H groups in total. The van der Waals surface area contributed by atoms with Crippen molar-refractivity contribution in [2.24, 2.45) is 0 Å². The number of carbonyl (C=O) groups is 1. The zero-order chi connectivity index (χ0) is 17.5. The number of aromatic amines is 1. The number of likely N-dealkylation sites (tertiary alicyclic amines) is 1. The van der Waals surface area contributed by atoms with Crippen molar-refractivity contribution < 1.29 is 18.8 Å². The zero-order valence-electron chi connectivity index (χ0n) is 12.9. The predicted octanol–water partition coefficient (Wildman–Crippen LogP) is 3.53. The van der Waals surface area contributed by atoms with Crippen molar-refractivity contribution in [2.75, 3.05) is 6.54 Å². The van der Waals surface area contributed by atoms with Crippen molar-refractivity contribution in [1.29, 1.82) is 0 Å². The summed E-state index contributed by atoms with van der Waals surface area (Å²) in [6.45, 7) is 1.87. The number of halogens is 2. The quantitative estimate of drug-likeness (QED) is 0.863. The van der Waals surface area contributed by atoms with Gasteiger partial charge in [0.15, 0.2) is 0 Å². The lowest BCUT2D eigenvalue weighted by atomic mass is 9.76. The molecule has 0 radical (unpaired) electrons. The molecule has 1 aliphatic heterocycles. The van der Waals surface area contributed by atoms with Crippen LogP contribution in [0.1, 0.15) is 37.0 Å². The highest BCUT2D eigenvalue weighted by Crippen LogP contribution is 2.44. The first kappa shape index (κ1) is 16.6. The lowest BCUT2D eigenvalue weighted by Crippen LogP contribution is -2.52. The maximum absolute atomic E-state index is 14.5. The van der Waals surface area contributed by atoms with Gasteiger partial charge in [-0.25, -0.2) is 9.18 Å². The SMILES string of the molecule is C[C@@]1(c2ccc(Cl)cc2F)C[C@@H](c2cc(=O)[nH]o2)CCN1C(=O)O. The van der Waals surface area contributed by atoms with Crippen molar-refractivity contribution >= 4 is 17.7 Å². The van der Waals surface area contributed by atoms with Gasteiger partial charge in [0.25, 0.3) is 5.56 Å². The summed E-state index contributed by atoms with van der Waals surface area (Å²) in [7, 11) is 0. The Kier molecular flexibility index (Phi) is 4.13. The molecule has 2 aromatic rings. The van der Waals surface area contributed by atoms with Crippen LogP contribution in [0.15, 0.2) is 33.6 Å². The summed E-state index contributed by atoms with van der Waals surface area (Å²) in [6.07, 6.45) is -0.350. The molecular weight excluding hydrogens is 339 g/mol. The first-order valence-corrected chi connectivity index (χ1v) is 7.83. The van der Waals surface area contributed by atoms with Gasteiger partial charge in [-0.15, -0.1) is 0 Å². The normalized spacial score (nSPS) is 24.1. The minimum atomic E-state index is -1.12. The molecular formula is C16H16ClFN2O4. The number of carboxylic acid groups (broad SMARTS) is 1. The number of piperidine rings is 1. The second-order valence-electron chi connectivity index (χ2n) is 6.14. The standard InChI is InChI=1S/C16H16ClFN2O4/c1-16(11-3-2-10(17)6-12(11)18)8-9(4-5-20(16)15(22)23)13-7-14(21)19-24-13/h2-3,6-7,9H,4-5,8H2,1H3,(H,19,21)(H,22,23)/t9-,16-/m0/s1. The summed E-state index contributed by atoms with van der Waals surface area (Å²) >= 11 is 5.80. The summed E-state index contributed by atoms with van der Waals surface area (Å²) in [4.78, 5) is 24.2. The lowest BCUT2D eigenvalue weighted by molar-refractivity contribution is 0.0420. The Morgan fingerprint density at radius 1 is 1.50 bits per heavy atom. The molecule has 0 saturated carbocycles. The third kappa shape index (κ3) is 2.80. The van der Waals surface area contributed by atoms with Gasteiger partial charge in [-0.05, 0) is 31.9 Å². The molecule has 1 saturated heterocycles. The molecule has 128 valence electrons. The molecule has 2 heterocycles. The molecule has 1 aromatic heterocycles. The van der Waals surface area contributed by atoms with E-state index in [1.54, 1.807) is 6.92 Å². The van der Waals surface area contributed by atoms with Crippen molar-refractivity contribution in [3.05, 3.63) is 56.8 Å². The average Bonchev–Trinajstić information content (AvgIpc) is 2.93. The van der Waals surface area contributed by atoms with E-state index >= 15 is 0 Å². The van der Waals surface area contributed by atoms with Crippen LogP contribution in [0.2, 0.25) is 5.02 Å². The number of rotatable bonds is 2. The number of amides is 1. The van der Waals surface area contributed by atoms with Gasteiger partial charge < -0.3 is 9.63 Å². The van der Waals surface area contributed by atoms with Gasteiger partial charge in [0.05, 0.1) is 5.54 Å². The molecule has 1 aliphatic rings. The number of nitrogens with zero attached hydrogens (tertiary/aromatic N) is 1. The van der Waals surface area contributed by atoms with Crippen molar-refractivity contribution in [2.45, 2.75) is 31.2 Å². The maximum atomic E-state index is 14.5. The van der Waals surface area contributed by atoms with Gasteiger partial charge in [0, 0.05) is 29.1 Å². The van der Waals surface area contributed by atoms with E-state index in [0.717, 1.165) is 0 Å². The summed E-state index contributed by atoms with van der Waals surface area (Å²) in [6, 6.07) is 5.55. The number of hydrogen-bond acceptors (Lipinski definition) is 3. The topological polar surface area (TPSA) is 86.5 Å². The smallest absolute Gasteiger partial charge is 0.408 e. The van der Waals surface area contributed by atoms with Crippen LogP contribution in [0.25, 0.3) is 0 Å². The Morgan fingerprint density at radius 3 is 2.83 bits per heavy atom. The second-order valence-corrected chi connectivity index (χ2v) is 6.57. The first-order valence-electron chi connectivity index (χ1n) is 7.46. The zero-order valence-corrected chi connectivity index (χ0v) is 13.6. The number of H-pyrrole nitrogens is 1. The van der Waals surface area contributed by atoms with Gasteiger partial charge in [0.1, 0.15) is 11.6 Å². The number of aromatic nitrogens is 1. The lowest BCUT2D eigenvalue weighted by Gasteiger charge is -2.46. The molecule has 0 unspecified atom stereocenters. The number of hydrogen-bond donors (Lipinski definition) is 2. The van der Waals surface area contributed by atoms with Crippen LogP contribution in [0.3, 0.4) is 0 Å². The fourth-order valence-electron chi connectivity index (χ4n) is 3.45. The molecule has 1 amide bonds. The van der Waals surface area contributed by atoms with Gasteiger partial charge in [-0.3, -0.25) is 9.69 Å². The molecule has 2 atom stereocenters. The van der Waals surface area contributed by atoms with E-state index in [1.165, 1.54) is 29.2 Å². The van der Waals surface area contributed by atoms with Crippen molar-refractivity contribution in [3.8, 4) is 0 Å². The van der Waals surface area contributed by atoms with Crippen LogP contribution < -0.4 is 5.56 Å². The van der Waals surface area contributed by atoms with Gasteiger partial charge >= 0.3 is 6.09 Å². The molecule has 3 rings (SSSR count). The minimum Gasteiger partial charge on any atom is -0.465 e. The molecule has 1 fully saturated rings. The van der Waals surface area contributed by atoms with E-state index in [4.69, 9.17) is 16.1 Å². The Bertz CT molecular complexity index is 833. The predicted molar refractivity (Wildman–Crippen MR) is 84.8 cm³/mol. The van der Waals surface area contributed by atoms with E-state index in [0.29, 0.717) is 18.6 Å². The highest BCUT2D eigenvalue weighted by Gasteiger charge is 2.45. The Hall–Kier alpha value is -2.28. The Balaban J connectivity index is 2.04. The molecule has 24 heavy (non-hydrogen) atoms. The van der Waals surface area contributed by atoms with E-state index in [1.807, 2.05) is 0 Å². The van der Waals surface area contributed by atoms with Crippen LogP contribution in [0, 0.1) is 5.82 Å². The summed E-state index contributed by atoms with van der Waals surface area (Å²) in [5.41, 5.74) is -1.21. The van der Waals surface area contributed by atoms with E-state index < -0.39 is 17.4 Å². The molecule has 0 spiro atoms. The average molecular weight is 355 g/mol. The van der Waals surface area contributed by atoms with E-state index in [-0.39, 0.29) is 28.6 Å². The Labute approximate surface area is 141 Å². The van der Waals surface area contributed by atoms with Gasteiger partial charge in [0.2, 0.25) is 0 Å². The third-order valence-corrected chi connectivity index (χ3v) is 4.86. The van der Waals surface area contributed by atoms with Crippen LogP contribution in [0.5, 0.6) is 0 Å². The summed E-state index contributed by atoms with van der Waals surface area (Å²) in [5, 5.41) is 12.0. The van der Waals surface area contributed by atoms with Crippen LogP contribution in [0.4, 0.5) is 9.18 Å². The first-order chi connectivity index (χ1) is 11.3. The third-order valence-electron chi connectivity index (χ3n) is 4.63. The molecule has 8 heteroatoms. The fraction of sp³-hybridized carbons (Fsp3) is 0.375. The number of nitrogens with one attached hydrogen (secondary N) is 1. The number of benzene rings is 1. The second kappa shape index (κ2) is 5.98. The van der Waals surface area contributed by atoms with E-state index in [9.17, 15) is 19.1 Å². The van der Waals surface area contributed by atoms with Crippen molar-refractivity contribution in [1.82, 2.24) is 10.1 Å². The van der Waals surface area contributed by atoms with Crippen LogP contribution in [-0.2, 0) is 5.54 Å². The molecule has 0 bridgehead atoms. The maximum Gasteiger partial charge on any atom is 0.408 e. The highest BCUT2D eigenvalue weighted by molar-refractivity contribution is 6.30. The van der Waals surface area contributed by atoms with E-state index in [2.05, 4.69) is 5.16 Å². The van der Waals surface area contributed by atoms with Crippen LogP contribution >= 0.6 is 11.6 Å². The highest BCUT2D eigenvalue weighted by atomic mass is 35.5. The van der Waals surface area contributed by atoms with Gasteiger partial charge in [-0.1, -0.05) is 17.7 Å². The molecule has 0 aliphatic carbocycles. The Morgan fingerprint density at radius 2 is 2.25 bits per heavy atom. The molecule has 6 nitrogen and oxygen atoms in total. The summed E-state index contributed by atoms with van der Waals surface area (Å²) in [5.74, 6) is -0.308. The fourth-order valence-corrected chi connectivity index (χ4v) is 3.61.